The quantitative estimate of drug-likeness (QED) is 0.312. The fraction of sp³-hybridized carbons (Fsp3) is 0.679. The van der Waals surface area contributed by atoms with E-state index in [1.165, 1.54) is 6.33 Å². The van der Waals surface area contributed by atoms with Crippen LogP contribution >= 0.6 is 11.6 Å². The molecule has 0 radical (unpaired) electrons. The van der Waals surface area contributed by atoms with E-state index in [-0.39, 0.29) is 23.7 Å². The van der Waals surface area contributed by atoms with Crippen molar-refractivity contribution in [3.05, 3.63) is 36.4 Å². The van der Waals surface area contributed by atoms with Crippen molar-refractivity contribution < 1.29 is 28.8 Å². The van der Waals surface area contributed by atoms with Gasteiger partial charge < -0.3 is 33.5 Å². The van der Waals surface area contributed by atoms with E-state index in [1.807, 2.05) is 43.7 Å². The van der Waals surface area contributed by atoms with Crippen LogP contribution in [0.15, 0.2) is 31.2 Å². The maximum absolute atomic E-state index is 12.9. The zero-order valence-electron chi connectivity index (χ0n) is 23.9. The fourth-order valence-corrected chi connectivity index (χ4v) is 6.21. The molecule has 3 aliphatic heterocycles. The maximum Gasteiger partial charge on any atom is 0.410 e. The molecule has 12 heteroatoms. The van der Waals surface area contributed by atoms with Crippen molar-refractivity contribution in [1.29, 1.82) is 0 Å². The molecule has 0 saturated carbocycles. The molecule has 1 N–H and O–H groups in total. The van der Waals surface area contributed by atoms with E-state index < -0.39 is 23.7 Å². The summed E-state index contributed by atoms with van der Waals surface area (Å²) in [6.45, 7) is 16.4. The lowest BCUT2D eigenvalue weighted by Gasteiger charge is -2.45. The summed E-state index contributed by atoms with van der Waals surface area (Å²) >= 11 is 6.32. The minimum atomic E-state index is -1.41. The summed E-state index contributed by atoms with van der Waals surface area (Å²) in [4.78, 5) is 25.5. The predicted molar refractivity (Wildman–Crippen MR) is 149 cm³/mol. The highest BCUT2D eigenvalue weighted by Gasteiger charge is 2.52. The molecular formula is C28H40ClN5O6. The monoisotopic (exact) mass is 577 g/mol. The highest BCUT2D eigenvalue weighted by atomic mass is 35.5. The van der Waals surface area contributed by atoms with E-state index >= 15 is 0 Å². The van der Waals surface area contributed by atoms with Gasteiger partial charge in [-0.2, -0.15) is 0 Å². The number of nitrogens with zero attached hydrogens (tertiary/aromatic N) is 5. The molecule has 0 aliphatic carbocycles. The second-order valence-electron chi connectivity index (χ2n) is 12.4. The van der Waals surface area contributed by atoms with Gasteiger partial charge in [-0.05, 0) is 47.1 Å². The Hall–Kier alpha value is -2.28. The molecule has 1 spiro atoms. The number of hydrogen-bond donors (Lipinski definition) is 1. The van der Waals surface area contributed by atoms with Crippen LogP contribution < -0.4 is 0 Å². The van der Waals surface area contributed by atoms with Crippen molar-refractivity contribution in [1.82, 2.24) is 24.3 Å². The molecule has 2 aromatic heterocycles. The zero-order valence-corrected chi connectivity index (χ0v) is 24.6. The van der Waals surface area contributed by atoms with Crippen LogP contribution in [-0.2, 0) is 18.9 Å². The lowest BCUT2D eigenvalue weighted by Crippen LogP contribution is -2.60. The molecule has 1 amide bonds. The molecule has 11 nitrogen and oxygen atoms in total. The summed E-state index contributed by atoms with van der Waals surface area (Å²) in [5.74, 6) is -1.65. The van der Waals surface area contributed by atoms with Gasteiger partial charge in [0.2, 0.25) is 0 Å². The first-order chi connectivity index (χ1) is 18.8. The number of rotatable bonds is 6. The van der Waals surface area contributed by atoms with E-state index in [2.05, 4.69) is 21.4 Å². The molecule has 2 aromatic rings. The number of fused-ring (bicyclic) bond motifs is 1. The third kappa shape index (κ3) is 5.86. The van der Waals surface area contributed by atoms with Crippen LogP contribution in [0.5, 0.6) is 0 Å². The second-order valence-corrected chi connectivity index (χ2v) is 12.8. The first kappa shape index (κ1) is 29.2. The topological polar surface area (TPSA) is 111 Å². The summed E-state index contributed by atoms with van der Waals surface area (Å²) in [6.07, 6.45) is 4.10. The number of ether oxygens (including phenoxy) is 4. The molecule has 3 saturated heterocycles. The van der Waals surface area contributed by atoms with Gasteiger partial charge in [0.1, 0.15) is 28.8 Å². The Bertz CT molecular complexity index is 1240. The number of carbonyl (C=O) groups is 1. The minimum absolute atomic E-state index is 0.241. The highest BCUT2D eigenvalue weighted by Crippen LogP contribution is 2.42. The van der Waals surface area contributed by atoms with Crippen LogP contribution in [-0.4, -0.2) is 104 Å². The number of likely N-dealkylation sites (tertiary alicyclic amines) is 1. The van der Waals surface area contributed by atoms with E-state index in [0.717, 1.165) is 6.42 Å². The van der Waals surface area contributed by atoms with Gasteiger partial charge in [-0.1, -0.05) is 17.7 Å². The molecule has 3 fully saturated rings. The lowest BCUT2D eigenvalue weighted by atomic mass is 9.92. The molecule has 5 atom stereocenters. The molecule has 5 rings (SSSR count). The number of aliphatic hydroxyl groups is 1. The van der Waals surface area contributed by atoms with Crippen molar-refractivity contribution in [2.75, 3.05) is 39.4 Å². The molecule has 0 bridgehead atoms. The Morgan fingerprint density at radius 1 is 1.30 bits per heavy atom. The fourth-order valence-electron chi connectivity index (χ4n) is 6.02. The Morgan fingerprint density at radius 2 is 2.08 bits per heavy atom. The Labute approximate surface area is 240 Å². The van der Waals surface area contributed by atoms with Gasteiger partial charge in [-0.3, -0.25) is 4.90 Å². The summed E-state index contributed by atoms with van der Waals surface area (Å²) in [6, 6.07) is 1.85. The average molecular weight is 578 g/mol. The van der Waals surface area contributed by atoms with Crippen molar-refractivity contribution in [2.24, 2.45) is 5.92 Å². The molecule has 3 aliphatic rings. The molecular weight excluding hydrogens is 538 g/mol. The van der Waals surface area contributed by atoms with E-state index in [9.17, 15) is 9.90 Å². The third-order valence-corrected chi connectivity index (χ3v) is 8.07. The van der Waals surface area contributed by atoms with Crippen molar-refractivity contribution in [3.8, 4) is 0 Å². The molecule has 40 heavy (non-hydrogen) atoms. The van der Waals surface area contributed by atoms with Crippen molar-refractivity contribution in [2.45, 2.75) is 76.4 Å². The molecule has 0 aromatic carbocycles. The van der Waals surface area contributed by atoms with Crippen LogP contribution in [0.4, 0.5) is 4.79 Å². The predicted octanol–water partition coefficient (Wildman–Crippen LogP) is 3.61. The molecule has 5 heterocycles. The maximum atomic E-state index is 12.9. The van der Waals surface area contributed by atoms with E-state index in [4.69, 9.17) is 30.5 Å². The number of carbonyl (C=O) groups excluding carboxylic acids is 1. The Kier molecular flexibility index (Phi) is 7.92. The van der Waals surface area contributed by atoms with E-state index in [0.29, 0.717) is 55.6 Å². The number of hydrogen-bond acceptors (Lipinski definition) is 9. The molecule has 1 unspecified atom stereocenters. The first-order valence-corrected chi connectivity index (χ1v) is 14.1. The summed E-state index contributed by atoms with van der Waals surface area (Å²) in [7, 11) is 0. The number of amides is 1. The van der Waals surface area contributed by atoms with Gasteiger partial charge in [-0.15, -0.1) is 6.58 Å². The SMILES string of the molecule is C=C[C@H]1[C@@H](OC(C)(C)O)[C@H](n2ccc3c(Cl)ncnc32)O[C@@H]1CN1CCOCC12CCN(C(=O)OC(C)(C)C)C2. The van der Waals surface area contributed by atoms with Gasteiger partial charge in [0.05, 0.1) is 30.2 Å². The van der Waals surface area contributed by atoms with Crippen molar-refractivity contribution in [3.63, 3.8) is 0 Å². The van der Waals surface area contributed by atoms with Crippen LogP contribution in [0.25, 0.3) is 11.0 Å². The van der Waals surface area contributed by atoms with Crippen LogP contribution in [0.2, 0.25) is 5.15 Å². The van der Waals surface area contributed by atoms with Crippen LogP contribution in [0.1, 0.15) is 47.3 Å². The lowest BCUT2D eigenvalue weighted by molar-refractivity contribution is -0.226. The number of morpholine rings is 1. The van der Waals surface area contributed by atoms with Gasteiger partial charge in [0.15, 0.2) is 12.0 Å². The zero-order chi connectivity index (χ0) is 28.9. The van der Waals surface area contributed by atoms with Crippen LogP contribution in [0, 0.1) is 5.92 Å². The van der Waals surface area contributed by atoms with Crippen LogP contribution in [0.3, 0.4) is 0 Å². The van der Waals surface area contributed by atoms with E-state index in [1.54, 1.807) is 18.7 Å². The molecule has 220 valence electrons. The first-order valence-electron chi connectivity index (χ1n) is 13.8. The van der Waals surface area contributed by atoms with Gasteiger partial charge in [0, 0.05) is 38.3 Å². The summed E-state index contributed by atoms with van der Waals surface area (Å²) in [5, 5.41) is 11.7. The minimum Gasteiger partial charge on any atom is -0.444 e. The smallest absolute Gasteiger partial charge is 0.410 e. The largest absolute Gasteiger partial charge is 0.444 e. The number of halogens is 1. The standard InChI is InChI=1S/C28H40ClN5O6/c1-7-18-20(14-33-12-13-37-16-28(33)9-11-32(15-28)25(35)40-26(2,3)4)38-24(21(18)39-27(5,6)36)34-10-8-19-22(29)30-17-31-23(19)34/h7-8,10,17-18,20-21,24,36H,1,9,11-16H2,2-6H3/t18-,20-,21-,24-,28?/m1/s1. The van der Waals surface area contributed by atoms with Crippen molar-refractivity contribution >= 4 is 28.7 Å². The second kappa shape index (κ2) is 10.8. The summed E-state index contributed by atoms with van der Waals surface area (Å²) < 4.78 is 26.4. The Balaban J connectivity index is 1.41. The third-order valence-electron chi connectivity index (χ3n) is 7.77. The average Bonchev–Trinajstić information content (AvgIpc) is 3.55. The van der Waals surface area contributed by atoms with Gasteiger partial charge in [0.25, 0.3) is 0 Å². The number of aromatic nitrogens is 3. The van der Waals surface area contributed by atoms with Gasteiger partial charge in [-0.25, -0.2) is 14.8 Å². The Morgan fingerprint density at radius 3 is 2.77 bits per heavy atom. The van der Waals surface area contributed by atoms with Gasteiger partial charge >= 0.3 is 6.09 Å². The highest BCUT2D eigenvalue weighted by molar-refractivity contribution is 6.33. The normalized spacial score (nSPS) is 29.9. The summed E-state index contributed by atoms with van der Waals surface area (Å²) in [5.41, 5.74) is -0.299.